The number of hydrogen-bond acceptors (Lipinski definition) is 4. The van der Waals surface area contributed by atoms with Crippen molar-refractivity contribution in [1.29, 1.82) is 0 Å². The number of benzene rings is 1. The van der Waals surface area contributed by atoms with Crippen molar-refractivity contribution in [2.45, 2.75) is 50.2 Å². The molecule has 0 bridgehead atoms. The number of halogens is 3. The summed E-state index contributed by atoms with van der Waals surface area (Å²) in [6, 6.07) is 7.85. The molecule has 1 aromatic carbocycles. The first kappa shape index (κ1) is 19.8. The summed E-state index contributed by atoms with van der Waals surface area (Å²) in [5, 5.41) is 2.83. The van der Waals surface area contributed by atoms with Gasteiger partial charge in [-0.3, -0.25) is 9.78 Å². The van der Waals surface area contributed by atoms with Crippen molar-refractivity contribution in [1.82, 2.24) is 15.3 Å². The molecular weight excluding hydrogens is 407 g/mol. The fraction of sp³-hybridized carbons (Fsp3) is 0.348. The van der Waals surface area contributed by atoms with E-state index < -0.39 is 23.7 Å². The van der Waals surface area contributed by atoms with Gasteiger partial charge >= 0.3 is 6.18 Å². The maximum absolute atomic E-state index is 13.0. The summed E-state index contributed by atoms with van der Waals surface area (Å²) < 4.78 is 44.9. The van der Waals surface area contributed by atoms with E-state index in [4.69, 9.17) is 4.42 Å². The molecule has 3 aromatic rings. The smallest absolute Gasteiger partial charge is 0.416 e. The van der Waals surface area contributed by atoms with Crippen molar-refractivity contribution in [3.05, 3.63) is 70.9 Å². The Kier molecular flexibility index (Phi) is 4.79. The van der Waals surface area contributed by atoms with Gasteiger partial charge in [-0.05, 0) is 56.0 Å². The van der Waals surface area contributed by atoms with E-state index in [1.54, 1.807) is 6.20 Å². The monoisotopic (exact) mass is 427 g/mol. The Morgan fingerprint density at radius 3 is 2.74 bits per heavy atom. The van der Waals surface area contributed by atoms with E-state index in [0.29, 0.717) is 36.1 Å². The standard InChI is InChI=1S/C23H20F3N3O2/c24-23(25,26)16-4-1-3-14(11-16)21(30)28-17-5-2-6-19-20(17)29-22(31-19)15-9-10-27-18(12-15)13-7-8-13/h1,3-4,9-13,17H,2,5-8H2,(H,28,30). The number of nitrogens with zero attached hydrogens (tertiary/aromatic N) is 2. The first-order valence-electron chi connectivity index (χ1n) is 10.3. The van der Waals surface area contributed by atoms with Crippen molar-refractivity contribution in [3.63, 3.8) is 0 Å². The summed E-state index contributed by atoms with van der Waals surface area (Å²) >= 11 is 0. The molecule has 1 unspecified atom stereocenters. The number of amides is 1. The second kappa shape index (κ2) is 7.51. The highest BCUT2D eigenvalue weighted by Gasteiger charge is 2.32. The predicted molar refractivity (Wildman–Crippen MR) is 106 cm³/mol. The highest BCUT2D eigenvalue weighted by Crippen LogP contribution is 2.40. The van der Waals surface area contributed by atoms with Crippen molar-refractivity contribution < 1.29 is 22.4 Å². The number of rotatable bonds is 4. The van der Waals surface area contributed by atoms with Crippen LogP contribution in [-0.4, -0.2) is 15.9 Å². The maximum Gasteiger partial charge on any atom is 0.416 e. The molecule has 0 saturated heterocycles. The van der Waals surface area contributed by atoms with E-state index in [0.717, 1.165) is 42.7 Å². The first-order valence-corrected chi connectivity index (χ1v) is 10.3. The number of aryl methyl sites for hydroxylation is 1. The van der Waals surface area contributed by atoms with E-state index in [1.165, 1.54) is 12.1 Å². The fourth-order valence-corrected chi connectivity index (χ4v) is 3.94. The van der Waals surface area contributed by atoms with Gasteiger partial charge in [0.2, 0.25) is 5.89 Å². The number of fused-ring (bicyclic) bond motifs is 1. The highest BCUT2D eigenvalue weighted by molar-refractivity contribution is 5.94. The highest BCUT2D eigenvalue weighted by atomic mass is 19.4. The van der Waals surface area contributed by atoms with Gasteiger partial charge in [0.1, 0.15) is 11.5 Å². The Bertz CT molecular complexity index is 1140. The molecule has 2 aromatic heterocycles. The lowest BCUT2D eigenvalue weighted by Crippen LogP contribution is -2.31. The van der Waals surface area contributed by atoms with E-state index in [-0.39, 0.29) is 5.56 Å². The molecule has 0 spiro atoms. The largest absolute Gasteiger partial charge is 0.441 e. The summed E-state index contributed by atoms with van der Waals surface area (Å²) in [7, 11) is 0. The number of oxazole rings is 1. The molecule has 31 heavy (non-hydrogen) atoms. The molecule has 1 amide bonds. The predicted octanol–water partition coefficient (Wildman–Crippen LogP) is 5.44. The van der Waals surface area contributed by atoms with Gasteiger partial charge in [0.25, 0.3) is 5.91 Å². The molecule has 2 aliphatic carbocycles. The van der Waals surface area contributed by atoms with Gasteiger partial charge in [0.15, 0.2) is 0 Å². The molecule has 0 aliphatic heterocycles. The normalized spacial score (nSPS) is 18.5. The van der Waals surface area contributed by atoms with Crippen molar-refractivity contribution in [2.24, 2.45) is 0 Å². The Labute approximate surface area is 176 Å². The van der Waals surface area contributed by atoms with Crippen molar-refractivity contribution in [3.8, 4) is 11.5 Å². The minimum absolute atomic E-state index is 0.0334. The number of nitrogens with one attached hydrogen (secondary N) is 1. The third-order valence-corrected chi connectivity index (χ3v) is 5.74. The van der Waals surface area contributed by atoms with Crippen LogP contribution in [0, 0.1) is 0 Å². The van der Waals surface area contributed by atoms with E-state index >= 15 is 0 Å². The summed E-state index contributed by atoms with van der Waals surface area (Å²) in [6.07, 6.45) is 1.67. The van der Waals surface area contributed by atoms with Crippen molar-refractivity contribution in [2.75, 3.05) is 0 Å². The zero-order valence-corrected chi connectivity index (χ0v) is 16.6. The van der Waals surface area contributed by atoms with Crippen LogP contribution in [0.3, 0.4) is 0 Å². The number of aromatic nitrogens is 2. The van der Waals surface area contributed by atoms with Crippen LogP contribution in [0.25, 0.3) is 11.5 Å². The third-order valence-electron chi connectivity index (χ3n) is 5.74. The lowest BCUT2D eigenvalue weighted by molar-refractivity contribution is -0.137. The molecule has 1 fully saturated rings. The van der Waals surface area contributed by atoms with Gasteiger partial charge in [0, 0.05) is 35.4 Å². The minimum atomic E-state index is -4.50. The van der Waals surface area contributed by atoms with Gasteiger partial charge in [-0.25, -0.2) is 4.98 Å². The molecule has 1 N–H and O–H groups in total. The zero-order chi connectivity index (χ0) is 21.6. The van der Waals surface area contributed by atoms with E-state index in [1.807, 2.05) is 12.1 Å². The number of carbonyl (C=O) groups excluding carboxylic acids is 1. The molecule has 5 nitrogen and oxygen atoms in total. The average Bonchev–Trinajstić information content (AvgIpc) is 3.52. The number of hydrogen-bond donors (Lipinski definition) is 1. The van der Waals surface area contributed by atoms with Crippen LogP contribution in [0.5, 0.6) is 0 Å². The third kappa shape index (κ3) is 4.06. The van der Waals surface area contributed by atoms with Crippen LogP contribution in [0.15, 0.2) is 47.0 Å². The average molecular weight is 427 g/mol. The molecule has 2 aliphatic rings. The lowest BCUT2D eigenvalue weighted by atomic mass is 9.96. The van der Waals surface area contributed by atoms with Gasteiger partial charge in [0.05, 0.1) is 11.6 Å². The molecule has 160 valence electrons. The zero-order valence-electron chi connectivity index (χ0n) is 16.6. The Morgan fingerprint density at radius 1 is 1.13 bits per heavy atom. The van der Waals surface area contributed by atoms with Crippen LogP contribution in [-0.2, 0) is 12.6 Å². The maximum atomic E-state index is 13.0. The number of alkyl halides is 3. The molecular formula is C23H20F3N3O2. The topological polar surface area (TPSA) is 68.0 Å². The molecule has 8 heteroatoms. The molecule has 2 heterocycles. The number of pyridine rings is 1. The summed E-state index contributed by atoms with van der Waals surface area (Å²) in [5.74, 6) is 1.13. The lowest BCUT2D eigenvalue weighted by Gasteiger charge is -2.21. The van der Waals surface area contributed by atoms with Crippen LogP contribution in [0.4, 0.5) is 13.2 Å². The SMILES string of the molecule is O=C(NC1CCCc2oc(-c3ccnc(C4CC4)c3)nc21)c1cccc(C(F)(F)F)c1. The minimum Gasteiger partial charge on any atom is -0.441 e. The molecule has 1 atom stereocenters. The molecule has 1 saturated carbocycles. The van der Waals surface area contributed by atoms with Gasteiger partial charge in [-0.15, -0.1) is 0 Å². The molecule has 0 radical (unpaired) electrons. The Morgan fingerprint density at radius 2 is 1.97 bits per heavy atom. The summed E-state index contributed by atoms with van der Waals surface area (Å²) in [6.45, 7) is 0. The first-order chi connectivity index (χ1) is 14.9. The van der Waals surface area contributed by atoms with Crippen LogP contribution in [0.1, 0.15) is 70.7 Å². The summed E-state index contributed by atoms with van der Waals surface area (Å²) in [4.78, 5) is 21.7. The van der Waals surface area contributed by atoms with Gasteiger partial charge in [-0.1, -0.05) is 6.07 Å². The van der Waals surface area contributed by atoms with Crippen LogP contribution in [0.2, 0.25) is 0 Å². The number of carbonyl (C=O) groups is 1. The quantitative estimate of drug-likeness (QED) is 0.602. The Balaban J connectivity index is 1.38. The fourth-order valence-electron chi connectivity index (χ4n) is 3.94. The van der Waals surface area contributed by atoms with Gasteiger partial charge < -0.3 is 9.73 Å². The van der Waals surface area contributed by atoms with E-state index in [2.05, 4.69) is 15.3 Å². The second-order valence-electron chi connectivity index (χ2n) is 8.07. The second-order valence-corrected chi connectivity index (χ2v) is 8.07. The Hall–Kier alpha value is -3.16. The molecule has 5 rings (SSSR count). The van der Waals surface area contributed by atoms with Crippen LogP contribution >= 0.6 is 0 Å². The summed E-state index contributed by atoms with van der Waals surface area (Å²) in [5.41, 5.74) is 1.63. The van der Waals surface area contributed by atoms with E-state index in [9.17, 15) is 18.0 Å². The van der Waals surface area contributed by atoms with Crippen LogP contribution < -0.4 is 5.32 Å². The van der Waals surface area contributed by atoms with Gasteiger partial charge in [-0.2, -0.15) is 13.2 Å². The van der Waals surface area contributed by atoms with Crippen molar-refractivity contribution >= 4 is 5.91 Å².